The van der Waals surface area contributed by atoms with E-state index in [4.69, 9.17) is 4.42 Å². The van der Waals surface area contributed by atoms with Crippen molar-refractivity contribution in [3.8, 4) is 0 Å². The molecule has 0 unspecified atom stereocenters. The summed E-state index contributed by atoms with van der Waals surface area (Å²) in [5.74, 6) is 0.542. The molecule has 0 bridgehead atoms. The predicted octanol–water partition coefficient (Wildman–Crippen LogP) is 1.16. The second kappa shape index (κ2) is 5.24. The molecule has 0 atom stereocenters. The van der Waals surface area contributed by atoms with Gasteiger partial charge in [-0.25, -0.2) is 0 Å². The van der Waals surface area contributed by atoms with E-state index in [0.717, 1.165) is 0 Å². The van der Waals surface area contributed by atoms with Gasteiger partial charge < -0.3 is 19.7 Å². The second-order valence-corrected chi connectivity index (χ2v) is 6.11. The molecule has 0 fully saturated rings. The Morgan fingerprint density at radius 3 is 2.33 bits per heavy atom. The first-order valence-corrected chi connectivity index (χ1v) is 6.08. The third-order valence-electron chi connectivity index (χ3n) is 2.81. The number of hydrogen-bond acceptors (Lipinski definition) is 6. The second-order valence-electron chi connectivity index (χ2n) is 6.11. The summed E-state index contributed by atoms with van der Waals surface area (Å²) in [5, 5.41) is 20.6. The Morgan fingerprint density at radius 1 is 1.22 bits per heavy atom. The molecule has 6 heteroatoms. The maximum Gasteiger partial charge on any atom is 0.318 e. The molecule has 0 aromatic carbocycles. The van der Waals surface area contributed by atoms with E-state index >= 15 is 0 Å². The molecule has 0 spiro atoms. The summed E-state index contributed by atoms with van der Waals surface area (Å²) < 4.78 is 5.56. The number of rotatable bonds is 5. The number of aliphatic hydroxyl groups excluding tert-OH is 1. The average molecular weight is 256 g/mol. The zero-order valence-corrected chi connectivity index (χ0v) is 12.1. The molecule has 1 heterocycles. The van der Waals surface area contributed by atoms with Gasteiger partial charge in [0.15, 0.2) is 0 Å². The van der Waals surface area contributed by atoms with Crippen LogP contribution in [-0.4, -0.2) is 40.0 Å². The van der Waals surface area contributed by atoms with Crippen molar-refractivity contribution in [1.82, 2.24) is 15.5 Å². The Morgan fingerprint density at radius 2 is 1.83 bits per heavy atom. The molecule has 0 aliphatic carbocycles. The molecule has 0 aliphatic rings. The van der Waals surface area contributed by atoms with Gasteiger partial charge in [0.1, 0.15) is 0 Å². The summed E-state index contributed by atoms with van der Waals surface area (Å²) in [6.45, 7) is 10.6. The summed E-state index contributed by atoms with van der Waals surface area (Å²) in [7, 11) is 1.82. The summed E-state index contributed by atoms with van der Waals surface area (Å²) in [6.07, 6.45) is 0. The van der Waals surface area contributed by atoms with Gasteiger partial charge in [0.05, 0.1) is 18.7 Å². The van der Waals surface area contributed by atoms with Gasteiger partial charge in [-0.3, -0.25) is 0 Å². The Hall–Kier alpha value is -1.14. The van der Waals surface area contributed by atoms with E-state index in [1.54, 1.807) is 4.90 Å². The van der Waals surface area contributed by atoms with Gasteiger partial charge in [-0.2, -0.15) is 0 Å². The standard InChI is InChI=1S/C12H24N4O2/c1-11(2,3)13-7-9-14-15-10(18-9)16(6)12(4,5)8-17/h13,17H,7-8H2,1-6H3. The molecule has 1 rings (SSSR count). The molecule has 104 valence electrons. The minimum Gasteiger partial charge on any atom is -0.407 e. The summed E-state index contributed by atoms with van der Waals surface area (Å²) in [6, 6.07) is 0.416. The van der Waals surface area contributed by atoms with Gasteiger partial charge in [-0.05, 0) is 34.6 Å². The van der Waals surface area contributed by atoms with E-state index in [2.05, 4.69) is 36.3 Å². The zero-order chi connectivity index (χ0) is 14.0. The normalized spacial score (nSPS) is 12.8. The molecular weight excluding hydrogens is 232 g/mol. The number of nitrogens with zero attached hydrogens (tertiary/aromatic N) is 3. The SMILES string of the molecule is CN(c1nnc(CNC(C)(C)C)o1)C(C)(C)CO. The maximum absolute atomic E-state index is 9.30. The molecule has 0 saturated heterocycles. The van der Waals surface area contributed by atoms with Crippen molar-refractivity contribution in [2.75, 3.05) is 18.6 Å². The van der Waals surface area contributed by atoms with Crippen molar-refractivity contribution in [1.29, 1.82) is 0 Å². The Bertz CT molecular complexity index is 382. The fourth-order valence-corrected chi connectivity index (χ4v) is 1.16. The topological polar surface area (TPSA) is 74.4 Å². The number of hydrogen-bond donors (Lipinski definition) is 2. The lowest BCUT2D eigenvalue weighted by Crippen LogP contribution is -2.44. The quantitative estimate of drug-likeness (QED) is 0.823. The molecule has 0 saturated carbocycles. The highest BCUT2D eigenvalue weighted by Crippen LogP contribution is 2.20. The van der Waals surface area contributed by atoms with Gasteiger partial charge in [-0.1, -0.05) is 5.10 Å². The van der Waals surface area contributed by atoms with Crippen LogP contribution in [-0.2, 0) is 6.54 Å². The zero-order valence-electron chi connectivity index (χ0n) is 12.1. The van der Waals surface area contributed by atoms with Crippen LogP contribution in [0.3, 0.4) is 0 Å². The largest absolute Gasteiger partial charge is 0.407 e. The smallest absolute Gasteiger partial charge is 0.318 e. The number of likely N-dealkylation sites (N-methyl/N-ethyl adjacent to an activating group) is 1. The highest BCUT2D eigenvalue weighted by molar-refractivity contribution is 5.27. The van der Waals surface area contributed by atoms with Crippen molar-refractivity contribution >= 4 is 6.01 Å². The van der Waals surface area contributed by atoms with Crippen molar-refractivity contribution in [3.05, 3.63) is 5.89 Å². The predicted molar refractivity (Wildman–Crippen MR) is 70.5 cm³/mol. The van der Waals surface area contributed by atoms with Crippen LogP contribution in [0.2, 0.25) is 0 Å². The molecule has 18 heavy (non-hydrogen) atoms. The van der Waals surface area contributed by atoms with Crippen molar-refractivity contribution in [2.24, 2.45) is 0 Å². The van der Waals surface area contributed by atoms with Gasteiger partial charge >= 0.3 is 6.01 Å². The van der Waals surface area contributed by atoms with Gasteiger partial charge in [-0.15, -0.1) is 5.10 Å². The van der Waals surface area contributed by atoms with Gasteiger partial charge in [0, 0.05) is 12.6 Å². The third kappa shape index (κ3) is 3.96. The Labute approximate surface area is 108 Å². The van der Waals surface area contributed by atoms with Crippen molar-refractivity contribution < 1.29 is 9.52 Å². The Kier molecular flexibility index (Phi) is 4.34. The molecule has 0 amide bonds. The van der Waals surface area contributed by atoms with Crippen molar-refractivity contribution in [3.63, 3.8) is 0 Å². The third-order valence-corrected chi connectivity index (χ3v) is 2.81. The molecular formula is C12H24N4O2. The molecule has 0 radical (unpaired) electrons. The van der Waals surface area contributed by atoms with Crippen LogP contribution in [0, 0.1) is 0 Å². The summed E-state index contributed by atoms with van der Waals surface area (Å²) in [4.78, 5) is 1.78. The van der Waals surface area contributed by atoms with E-state index in [1.165, 1.54) is 0 Å². The molecule has 1 aromatic rings. The Balaban J connectivity index is 2.69. The van der Waals surface area contributed by atoms with Gasteiger partial charge in [0.25, 0.3) is 0 Å². The number of aliphatic hydroxyl groups is 1. The summed E-state index contributed by atoms with van der Waals surface area (Å²) >= 11 is 0. The first-order valence-electron chi connectivity index (χ1n) is 6.08. The molecule has 1 aromatic heterocycles. The fourth-order valence-electron chi connectivity index (χ4n) is 1.16. The molecule has 0 aliphatic heterocycles. The first kappa shape index (κ1) is 14.9. The van der Waals surface area contributed by atoms with Crippen LogP contribution in [0.1, 0.15) is 40.5 Å². The van der Waals surface area contributed by atoms with Crippen molar-refractivity contribution in [2.45, 2.75) is 52.2 Å². The fraction of sp³-hybridized carbons (Fsp3) is 0.833. The average Bonchev–Trinajstić information content (AvgIpc) is 2.73. The molecule has 6 nitrogen and oxygen atoms in total. The lowest BCUT2D eigenvalue weighted by atomic mass is 10.1. The molecule has 2 N–H and O–H groups in total. The first-order chi connectivity index (χ1) is 8.15. The number of aromatic nitrogens is 2. The lowest BCUT2D eigenvalue weighted by molar-refractivity contribution is 0.211. The van der Waals surface area contributed by atoms with E-state index < -0.39 is 5.54 Å². The minimum absolute atomic E-state index is 0.00487. The van der Waals surface area contributed by atoms with Crippen LogP contribution in [0.25, 0.3) is 0 Å². The maximum atomic E-state index is 9.30. The number of nitrogens with one attached hydrogen (secondary N) is 1. The van der Waals surface area contributed by atoms with Crippen LogP contribution < -0.4 is 10.2 Å². The highest BCUT2D eigenvalue weighted by atomic mass is 16.4. The van der Waals surface area contributed by atoms with E-state index in [9.17, 15) is 5.11 Å². The van der Waals surface area contributed by atoms with E-state index in [1.807, 2.05) is 20.9 Å². The summed E-state index contributed by atoms with van der Waals surface area (Å²) in [5.41, 5.74) is -0.424. The van der Waals surface area contributed by atoms with E-state index in [-0.39, 0.29) is 12.1 Å². The van der Waals surface area contributed by atoms with Gasteiger partial charge in [0.2, 0.25) is 5.89 Å². The van der Waals surface area contributed by atoms with Crippen LogP contribution in [0.5, 0.6) is 0 Å². The van der Waals surface area contributed by atoms with Crippen LogP contribution >= 0.6 is 0 Å². The van der Waals surface area contributed by atoms with Crippen LogP contribution in [0.15, 0.2) is 4.42 Å². The highest BCUT2D eigenvalue weighted by Gasteiger charge is 2.26. The minimum atomic E-state index is -0.429. The lowest BCUT2D eigenvalue weighted by Gasteiger charge is -2.31. The monoisotopic (exact) mass is 256 g/mol. The van der Waals surface area contributed by atoms with E-state index in [0.29, 0.717) is 18.5 Å². The van der Waals surface area contributed by atoms with Crippen LogP contribution in [0.4, 0.5) is 6.01 Å². The number of anilines is 1.